The van der Waals surface area contributed by atoms with Gasteiger partial charge in [-0.2, -0.15) is 0 Å². The van der Waals surface area contributed by atoms with Crippen LogP contribution in [-0.2, 0) is 0 Å². The van der Waals surface area contributed by atoms with Crippen LogP contribution >= 0.6 is 11.8 Å². The fourth-order valence-electron chi connectivity index (χ4n) is 2.89. The number of aryl methyl sites for hydroxylation is 3. The van der Waals surface area contributed by atoms with Crippen molar-refractivity contribution < 1.29 is 4.79 Å². The van der Waals surface area contributed by atoms with Gasteiger partial charge in [0.1, 0.15) is 0 Å². The molecule has 0 atom stereocenters. The number of nitrogens with zero attached hydrogens (tertiary/aromatic N) is 2. The molecule has 0 spiro atoms. The second-order valence-electron chi connectivity index (χ2n) is 6.22. The fourth-order valence-corrected chi connectivity index (χ4v) is 3.84. The molecule has 0 unspecified atom stereocenters. The number of amides is 1. The van der Waals surface area contributed by atoms with Crippen LogP contribution in [0.3, 0.4) is 0 Å². The van der Waals surface area contributed by atoms with Gasteiger partial charge in [0.2, 0.25) is 0 Å². The minimum atomic E-state index is 0.0429. The number of carbonyl (C=O) groups is 1. The summed E-state index contributed by atoms with van der Waals surface area (Å²) in [5.74, 6) is 1.04. The smallest absolute Gasteiger partial charge is 0.259 e. The van der Waals surface area contributed by atoms with E-state index >= 15 is 0 Å². The maximum Gasteiger partial charge on any atom is 0.259 e. The molecular formula is C20H22N2OS. The summed E-state index contributed by atoms with van der Waals surface area (Å²) < 4.78 is 0. The number of thioether (sulfide) groups is 1. The van der Waals surface area contributed by atoms with Gasteiger partial charge in [-0.15, -0.1) is 0 Å². The molecule has 1 aliphatic heterocycles. The second kappa shape index (κ2) is 7.22. The van der Waals surface area contributed by atoms with Crippen molar-refractivity contribution in [2.75, 3.05) is 12.3 Å². The first kappa shape index (κ1) is 16.8. The first-order valence-corrected chi connectivity index (χ1v) is 9.20. The quantitative estimate of drug-likeness (QED) is 0.782. The molecule has 124 valence electrons. The maximum atomic E-state index is 13.0. The zero-order chi connectivity index (χ0) is 17.1. The highest BCUT2D eigenvalue weighted by Gasteiger charge is 2.25. The summed E-state index contributed by atoms with van der Waals surface area (Å²) in [5, 5.41) is 0.805. The lowest BCUT2D eigenvalue weighted by Crippen LogP contribution is -2.39. The first-order chi connectivity index (χ1) is 11.5. The summed E-state index contributed by atoms with van der Waals surface area (Å²) in [7, 11) is 0. The standard InChI is InChI=1S/C20H22N2OS/c1-14-11-15(2)13-17(12-14)19(23)22-9-6-10-24-20(22)21-18-8-5-4-7-16(18)3/h4-5,7-8,11-13H,6,9-10H2,1-3H3. The molecule has 1 fully saturated rings. The predicted molar refractivity (Wildman–Crippen MR) is 102 cm³/mol. The highest BCUT2D eigenvalue weighted by atomic mass is 32.2. The summed E-state index contributed by atoms with van der Waals surface area (Å²) >= 11 is 1.66. The Kier molecular flexibility index (Phi) is 5.05. The van der Waals surface area contributed by atoms with E-state index < -0.39 is 0 Å². The van der Waals surface area contributed by atoms with Gasteiger partial charge in [0, 0.05) is 17.9 Å². The van der Waals surface area contributed by atoms with Gasteiger partial charge in [-0.05, 0) is 51.0 Å². The zero-order valence-corrected chi connectivity index (χ0v) is 15.2. The number of carbonyl (C=O) groups excluding carboxylic acids is 1. The first-order valence-electron chi connectivity index (χ1n) is 8.22. The molecule has 24 heavy (non-hydrogen) atoms. The largest absolute Gasteiger partial charge is 0.287 e. The Labute approximate surface area is 147 Å². The third-order valence-electron chi connectivity index (χ3n) is 4.03. The van der Waals surface area contributed by atoms with Crippen molar-refractivity contribution in [1.29, 1.82) is 0 Å². The molecule has 2 aromatic carbocycles. The van der Waals surface area contributed by atoms with E-state index in [4.69, 9.17) is 4.99 Å². The summed E-state index contributed by atoms with van der Waals surface area (Å²) in [6.07, 6.45) is 0.994. The molecule has 0 aliphatic carbocycles. The molecule has 1 aliphatic rings. The number of amidine groups is 1. The minimum absolute atomic E-state index is 0.0429. The third-order valence-corrected chi connectivity index (χ3v) is 5.10. The van der Waals surface area contributed by atoms with Crippen molar-refractivity contribution in [1.82, 2.24) is 4.90 Å². The van der Waals surface area contributed by atoms with E-state index in [0.29, 0.717) is 0 Å². The third kappa shape index (κ3) is 3.70. The summed E-state index contributed by atoms with van der Waals surface area (Å²) in [6.45, 7) is 6.82. The summed E-state index contributed by atoms with van der Waals surface area (Å²) in [5.41, 5.74) is 5.02. The van der Waals surface area contributed by atoms with E-state index in [9.17, 15) is 4.79 Å². The molecule has 1 heterocycles. The maximum absolute atomic E-state index is 13.0. The van der Waals surface area contributed by atoms with Crippen LogP contribution in [0, 0.1) is 20.8 Å². The fraction of sp³-hybridized carbons (Fsp3) is 0.300. The molecule has 2 aromatic rings. The summed E-state index contributed by atoms with van der Waals surface area (Å²) in [6, 6.07) is 14.0. The molecular weight excluding hydrogens is 316 g/mol. The van der Waals surface area contributed by atoms with Gasteiger partial charge in [0.15, 0.2) is 5.17 Å². The van der Waals surface area contributed by atoms with Gasteiger partial charge in [-0.1, -0.05) is 47.2 Å². The zero-order valence-electron chi connectivity index (χ0n) is 14.4. The lowest BCUT2D eigenvalue weighted by Gasteiger charge is -2.28. The summed E-state index contributed by atoms with van der Waals surface area (Å²) in [4.78, 5) is 19.6. The molecule has 4 heteroatoms. The van der Waals surface area contributed by atoms with Crippen molar-refractivity contribution in [3.05, 3.63) is 64.7 Å². The van der Waals surface area contributed by atoms with E-state index in [1.54, 1.807) is 11.8 Å². The van der Waals surface area contributed by atoms with E-state index in [1.807, 2.05) is 62.1 Å². The molecule has 0 N–H and O–H groups in total. The van der Waals surface area contributed by atoms with Gasteiger partial charge in [-0.3, -0.25) is 9.69 Å². The predicted octanol–water partition coefficient (Wildman–Crippen LogP) is 4.88. The Morgan fingerprint density at radius 2 is 1.79 bits per heavy atom. The van der Waals surface area contributed by atoms with Crippen molar-refractivity contribution in [2.24, 2.45) is 4.99 Å². The highest BCUT2D eigenvalue weighted by molar-refractivity contribution is 8.13. The average molecular weight is 338 g/mol. The van der Waals surface area contributed by atoms with Gasteiger partial charge in [0.05, 0.1) is 5.69 Å². The molecule has 1 saturated heterocycles. The van der Waals surface area contributed by atoms with Crippen LogP contribution < -0.4 is 0 Å². The van der Waals surface area contributed by atoms with Crippen LogP contribution in [0.25, 0.3) is 0 Å². The Morgan fingerprint density at radius 3 is 2.50 bits per heavy atom. The van der Waals surface area contributed by atoms with Gasteiger partial charge in [-0.25, -0.2) is 4.99 Å². The second-order valence-corrected chi connectivity index (χ2v) is 7.28. The van der Waals surface area contributed by atoms with Crippen molar-refractivity contribution in [3.8, 4) is 0 Å². The van der Waals surface area contributed by atoms with Crippen LogP contribution in [0.4, 0.5) is 5.69 Å². The number of aliphatic imine (C=N–C) groups is 1. The van der Waals surface area contributed by atoms with E-state index in [-0.39, 0.29) is 5.91 Å². The van der Waals surface area contributed by atoms with E-state index in [1.165, 1.54) is 0 Å². The number of rotatable bonds is 2. The normalized spacial score (nSPS) is 16.5. The van der Waals surface area contributed by atoms with Crippen molar-refractivity contribution >= 4 is 28.5 Å². The molecule has 0 aromatic heterocycles. The van der Waals surface area contributed by atoms with Crippen LogP contribution in [0.1, 0.15) is 33.5 Å². The Hall–Kier alpha value is -2.07. The number of hydrogen-bond donors (Lipinski definition) is 0. The molecule has 3 nitrogen and oxygen atoms in total. The van der Waals surface area contributed by atoms with E-state index in [0.717, 1.165) is 51.8 Å². The monoisotopic (exact) mass is 338 g/mol. The van der Waals surface area contributed by atoms with Gasteiger partial charge in [0.25, 0.3) is 5.91 Å². The topological polar surface area (TPSA) is 32.7 Å². The van der Waals surface area contributed by atoms with E-state index in [2.05, 4.69) is 6.07 Å². The molecule has 1 amide bonds. The van der Waals surface area contributed by atoms with Crippen molar-refractivity contribution in [3.63, 3.8) is 0 Å². The number of benzene rings is 2. The Morgan fingerprint density at radius 1 is 1.08 bits per heavy atom. The minimum Gasteiger partial charge on any atom is -0.287 e. The number of para-hydroxylation sites is 1. The van der Waals surface area contributed by atoms with Gasteiger partial charge < -0.3 is 0 Å². The highest BCUT2D eigenvalue weighted by Crippen LogP contribution is 2.26. The van der Waals surface area contributed by atoms with Gasteiger partial charge >= 0.3 is 0 Å². The molecule has 0 saturated carbocycles. The molecule has 0 radical (unpaired) electrons. The molecule has 3 rings (SSSR count). The lowest BCUT2D eigenvalue weighted by molar-refractivity contribution is 0.0849. The Balaban J connectivity index is 1.95. The van der Waals surface area contributed by atoms with Crippen molar-refractivity contribution in [2.45, 2.75) is 27.2 Å². The average Bonchev–Trinajstić information content (AvgIpc) is 2.56. The Bertz CT molecular complexity index is 778. The SMILES string of the molecule is Cc1cc(C)cc(C(=O)N2CCCSC2=Nc2ccccc2C)c1. The molecule has 0 bridgehead atoms. The van der Waals surface area contributed by atoms with Crippen LogP contribution in [0.2, 0.25) is 0 Å². The number of hydrogen-bond acceptors (Lipinski definition) is 3. The lowest BCUT2D eigenvalue weighted by atomic mass is 10.1. The van der Waals surface area contributed by atoms with Crippen LogP contribution in [0.15, 0.2) is 47.5 Å². The van der Waals surface area contributed by atoms with Crippen LogP contribution in [0.5, 0.6) is 0 Å². The van der Waals surface area contributed by atoms with Crippen LogP contribution in [-0.4, -0.2) is 28.3 Å².